The highest BCUT2D eigenvalue weighted by Crippen LogP contribution is 2.32. The molecule has 3 amide bonds. The van der Waals surface area contributed by atoms with Gasteiger partial charge in [-0.1, -0.05) is 13.0 Å². The monoisotopic (exact) mass is 335 g/mol. The summed E-state index contributed by atoms with van der Waals surface area (Å²) in [7, 11) is 1.59. The lowest BCUT2D eigenvalue weighted by molar-refractivity contribution is -0.123. The first kappa shape index (κ1) is 18.1. The lowest BCUT2D eigenvalue weighted by Gasteiger charge is -2.26. The number of carbonyl (C=O) groups is 2. The molecule has 1 aromatic rings. The van der Waals surface area contributed by atoms with E-state index in [-0.39, 0.29) is 24.0 Å². The highest BCUT2D eigenvalue weighted by molar-refractivity contribution is 5.97. The zero-order valence-electron chi connectivity index (χ0n) is 14.5. The molecule has 0 saturated carbocycles. The molecule has 0 radical (unpaired) electrons. The van der Waals surface area contributed by atoms with Crippen LogP contribution in [0.25, 0.3) is 0 Å². The van der Waals surface area contributed by atoms with E-state index < -0.39 is 6.10 Å². The van der Waals surface area contributed by atoms with Gasteiger partial charge in [0.05, 0.1) is 24.4 Å². The maximum Gasteiger partial charge on any atom is 0.315 e. The van der Waals surface area contributed by atoms with Crippen molar-refractivity contribution in [2.45, 2.75) is 45.4 Å². The van der Waals surface area contributed by atoms with Crippen molar-refractivity contribution in [3.8, 4) is 5.75 Å². The molecule has 0 saturated heterocycles. The van der Waals surface area contributed by atoms with Crippen LogP contribution in [0.1, 0.15) is 38.8 Å². The van der Waals surface area contributed by atoms with E-state index in [0.717, 1.165) is 5.56 Å². The van der Waals surface area contributed by atoms with E-state index in [2.05, 4.69) is 16.0 Å². The predicted molar refractivity (Wildman–Crippen MR) is 91.2 cm³/mol. The zero-order valence-corrected chi connectivity index (χ0v) is 14.5. The number of amides is 3. The van der Waals surface area contributed by atoms with Crippen LogP contribution in [-0.4, -0.2) is 37.8 Å². The third kappa shape index (κ3) is 4.38. The number of carbonyl (C=O) groups excluding carboxylic acids is 2. The topological polar surface area (TPSA) is 88.7 Å². The van der Waals surface area contributed by atoms with Gasteiger partial charge in [0, 0.05) is 7.11 Å². The maximum atomic E-state index is 12.0. The number of hydrogen-bond acceptors (Lipinski definition) is 4. The molecule has 1 aliphatic rings. The second kappa shape index (κ2) is 8.01. The highest BCUT2D eigenvalue weighted by atomic mass is 16.5. The molecule has 1 heterocycles. The smallest absolute Gasteiger partial charge is 0.315 e. The van der Waals surface area contributed by atoms with Gasteiger partial charge in [0.25, 0.3) is 5.91 Å². The Morgan fingerprint density at radius 2 is 2.12 bits per heavy atom. The van der Waals surface area contributed by atoms with Gasteiger partial charge in [0.1, 0.15) is 5.75 Å². The first-order valence-electron chi connectivity index (χ1n) is 8.12. The van der Waals surface area contributed by atoms with E-state index in [4.69, 9.17) is 9.47 Å². The van der Waals surface area contributed by atoms with Crippen LogP contribution < -0.4 is 20.7 Å². The molecular weight excluding hydrogens is 310 g/mol. The number of rotatable bonds is 6. The standard InChI is InChI=1S/C17H25N3O4/c1-5-14-16(21)20-13-7-6-12(8-15(13)24-14)11(3)19-17(22)18-10(2)9-23-4/h6-8,10-11,14H,5,9H2,1-4H3,(H,20,21)(H2,18,19,22). The van der Waals surface area contributed by atoms with Crippen molar-refractivity contribution in [1.82, 2.24) is 10.6 Å². The molecular formula is C17H25N3O4. The van der Waals surface area contributed by atoms with Gasteiger partial charge in [-0.3, -0.25) is 4.79 Å². The molecule has 0 fully saturated rings. The number of fused-ring (bicyclic) bond motifs is 1. The summed E-state index contributed by atoms with van der Waals surface area (Å²) < 4.78 is 10.7. The Morgan fingerprint density at radius 3 is 2.79 bits per heavy atom. The Balaban J connectivity index is 2.02. The predicted octanol–water partition coefficient (Wildman–Crippen LogP) is 2.19. The van der Waals surface area contributed by atoms with Crippen molar-refractivity contribution >= 4 is 17.6 Å². The number of methoxy groups -OCH3 is 1. The summed E-state index contributed by atoms with van der Waals surface area (Å²) in [5.74, 6) is 0.496. The molecule has 1 aromatic carbocycles. The number of nitrogens with one attached hydrogen (secondary N) is 3. The van der Waals surface area contributed by atoms with Gasteiger partial charge in [-0.05, 0) is 38.0 Å². The fraction of sp³-hybridized carbons (Fsp3) is 0.529. The quantitative estimate of drug-likeness (QED) is 0.743. The summed E-state index contributed by atoms with van der Waals surface area (Å²) in [6.07, 6.45) is 0.123. The first-order chi connectivity index (χ1) is 11.4. The van der Waals surface area contributed by atoms with Crippen LogP contribution in [0.5, 0.6) is 5.75 Å². The minimum atomic E-state index is -0.478. The van der Waals surface area contributed by atoms with E-state index in [1.54, 1.807) is 13.2 Å². The molecule has 7 heteroatoms. The van der Waals surface area contributed by atoms with Crippen molar-refractivity contribution in [3.63, 3.8) is 0 Å². The van der Waals surface area contributed by atoms with Crippen molar-refractivity contribution in [1.29, 1.82) is 0 Å². The number of ether oxygens (including phenoxy) is 2. The lowest BCUT2D eigenvalue weighted by Crippen LogP contribution is -2.43. The van der Waals surface area contributed by atoms with Crippen molar-refractivity contribution in [2.24, 2.45) is 0 Å². The maximum absolute atomic E-state index is 12.0. The molecule has 1 aliphatic heterocycles. The first-order valence-corrected chi connectivity index (χ1v) is 8.12. The van der Waals surface area contributed by atoms with E-state index >= 15 is 0 Å². The summed E-state index contributed by atoms with van der Waals surface area (Å²) in [5.41, 5.74) is 1.55. The van der Waals surface area contributed by atoms with Gasteiger partial charge in [-0.15, -0.1) is 0 Å². The van der Waals surface area contributed by atoms with Gasteiger partial charge >= 0.3 is 6.03 Å². The zero-order chi connectivity index (χ0) is 17.7. The number of anilines is 1. The molecule has 2 rings (SSSR count). The van der Waals surface area contributed by atoms with Crippen LogP contribution in [0.3, 0.4) is 0 Å². The molecule has 3 atom stereocenters. The van der Waals surface area contributed by atoms with Crippen LogP contribution in [-0.2, 0) is 9.53 Å². The Bertz CT molecular complexity index is 605. The number of benzene rings is 1. The van der Waals surface area contributed by atoms with E-state index in [1.807, 2.05) is 32.9 Å². The lowest BCUT2D eigenvalue weighted by atomic mass is 10.1. The molecule has 3 N–H and O–H groups in total. The average molecular weight is 335 g/mol. The summed E-state index contributed by atoms with van der Waals surface area (Å²) >= 11 is 0. The van der Waals surface area contributed by atoms with Crippen LogP contribution in [0.2, 0.25) is 0 Å². The Morgan fingerprint density at radius 1 is 1.38 bits per heavy atom. The van der Waals surface area contributed by atoms with Crippen LogP contribution in [0.15, 0.2) is 18.2 Å². The minimum absolute atomic E-state index is 0.0745. The second-order valence-electron chi connectivity index (χ2n) is 5.96. The van der Waals surface area contributed by atoms with E-state index in [9.17, 15) is 9.59 Å². The molecule has 0 spiro atoms. The Labute approximate surface area is 142 Å². The second-order valence-corrected chi connectivity index (χ2v) is 5.96. The van der Waals surface area contributed by atoms with Crippen LogP contribution >= 0.6 is 0 Å². The van der Waals surface area contributed by atoms with Crippen molar-refractivity contribution < 1.29 is 19.1 Å². The van der Waals surface area contributed by atoms with Gasteiger partial charge < -0.3 is 25.4 Å². The number of urea groups is 1. The summed E-state index contributed by atoms with van der Waals surface area (Å²) in [5, 5.41) is 8.51. The van der Waals surface area contributed by atoms with E-state index in [1.165, 1.54) is 0 Å². The summed E-state index contributed by atoms with van der Waals surface area (Å²) in [6, 6.07) is 4.96. The SMILES string of the molecule is CCC1Oc2cc(C(C)NC(=O)NC(C)COC)ccc2NC1=O. The Kier molecular flexibility index (Phi) is 6.03. The van der Waals surface area contributed by atoms with Crippen molar-refractivity contribution in [2.75, 3.05) is 19.0 Å². The third-order valence-electron chi connectivity index (χ3n) is 3.84. The molecule has 132 valence electrons. The highest BCUT2D eigenvalue weighted by Gasteiger charge is 2.26. The Hall–Kier alpha value is -2.28. The van der Waals surface area contributed by atoms with Gasteiger partial charge in [-0.2, -0.15) is 0 Å². The van der Waals surface area contributed by atoms with Gasteiger partial charge in [0.15, 0.2) is 6.10 Å². The molecule has 7 nitrogen and oxygen atoms in total. The molecule has 24 heavy (non-hydrogen) atoms. The van der Waals surface area contributed by atoms with Gasteiger partial charge in [0.2, 0.25) is 0 Å². The van der Waals surface area contributed by atoms with Crippen molar-refractivity contribution in [3.05, 3.63) is 23.8 Å². The fourth-order valence-corrected chi connectivity index (χ4v) is 2.53. The normalized spacial score (nSPS) is 18.7. The van der Waals surface area contributed by atoms with Gasteiger partial charge in [-0.25, -0.2) is 4.79 Å². The molecule has 0 aliphatic carbocycles. The number of hydrogen-bond donors (Lipinski definition) is 3. The largest absolute Gasteiger partial charge is 0.478 e. The molecule has 0 aromatic heterocycles. The van der Waals surface area contributed by atoms with Crippen LogP contribution in [0, 0.1) is 0 Å². The molecule has 3 unspecified atom stereocenters. The fourth-order valence-electron chi connectivity index (χ4n) is 2.53. The molecule has 0 bridgehead atoms. The minimum Gasteiger partial charge on any atom is -0.478 e. The third-order valence-corrected chi connectivity index (χ3v) is 3.84. The summed E-state index contributed by atoms with van der Waals surface area (Å²) in [6.45, 7) is 6.11. The average Bonchev–Trinajstić information content (AvgIpc) is 2.53. The summed E-state index contributed by atoms with van der Waals surface area (Å²) in [4.78, 5) is 23.8. The van der Waals surface area contributed by atoms with Crippen LogP contribution in [0.4, 0.5) is 10.5 Å². The van der Waals surface area contributed by atoms with E-state index in [0.29, 0.717) is 24.5 Å².